The van der Waals surface area contributed by atoms with Crippen molar-refractivity contribution in [1.82, 2.24) is 19.7 Å². The van der Waals surface area contributed by atoms with Gasteiger partial charge in [0.15, 0.2) is 0 Å². The molecule has 108 valence electrons. The second kappa shape index (κ2) is 6.45. The van der Waals surface area contributed by atoms with Crippen LogP contribution in [-0.4, -0.2) is 57.5 Å². The third-order valence-electron chi connectivity index (χ3n) is 3.75. The lowest BCUT2D eigenvalue weighted by molar-refractivity contribution is -0.0498. The number of hydrogen-bond acceptors (Lipinski definition) is 5. The molecule has 1 aliphatic rings. The minimum Gasteiger partial charge on any atom is -0.374 e. The van der Waals surface area contributed by atoms with Crippen LogP contribution in [0, 0.1) is 0 Å². The Morgan fingerprint density at radius 2 is 2.32 bits per heavy atom. The van der Waals surface area contributed by atoms with E-state index in [1.165, 1.54) is 0 Å². The van der Waals surface area contributed by atoms with Crippen LogP contribution >= 0.6 is 0 Å². The van der Waals surface area contributed by atoms with E-state index in [2.05, 4.69) is 35.8 Å². The van der Waals surface area contributed by atoms with Crippen molar-refractivity contribution in [3.05, 3.63) is 12.2 Å². The fraction of sp³-hybridized carbons (Fsp3) is 0.846. The summed E-state index contributed by atoms with van der Waals surface area (Å²) in [6.45, 7) is 9.96. The number of nitrogens with two attached hydrogens (primary N) is 1. The Balaban J connectivity index is 1.94. The minimum atomic E-state index is -0.0314. The average molecular weight is 267 g/mol. The molecule has 6 nitrogen and oxygen atoms in total. The molecule has 1 saturated heterocycles. The Labute approximate surface area is 114 Å². The maximum atomic E-state index is 6.29. The SMILES string of the molecule is CCn1ncnc1CC(N)C1CN(C(C)C)CCO1. The first-order chi connectivity index (χ1) is 9.11. The highest BCUT2D eigenvalue weighted by atomic mass is 16.5. The van der Waals surface area contributed by atoms with Crippen LogP contribution in [0.3, 0.4) is 0 Å². The molecule has 2 heterocycles. The molecule has 0 saturated carbocycles. The third-order valence-corrected chi connectivity index (χ3v) is 3.75. The molecule has 0 aliphatic carbocycles. The highest BCUT2D eigenvalue weighted by Crippen LogP contribution is 2.13. The molecule has 2 atom stereocenters. The van der Waals surface area contributed by atoms with Crippen molar-refractivity contribution in [2.24, 2.45) is 5.73 Å². The largest absolute Gasteiger partial charge is 0.374 e. The van der Waals surface area contributed by atoms with Gasteiger partial charge in [0.2, 0.25) is 0 Å². The second-order valence-electron chi connectivity index (χ2n) is 5.36. The zero-order valence-corrected chi connectivity index (χ0v) is 12.1. The summed E-state index contributed by atoms with van der Waals surface area (Å²) in [7, 11) is 0. The Kier molecular flexibility index (Phi) is 4.90. The van der Waals surface area contributed by atoms with Crippen molar-refractivity contribution in [2.45, 2.75) is 51.9 Å². The van der Waals surface area contributed by atoms with Gasteiger partial charge in [0, 0.05) is 38.1 Å². The lowest BCUT2D eigenvalue weighted by atomic mass is 10.1. The predicted octanol–water partition coefficient (Wildman–Crippen LogP) is 0.277. The summed E-state index contributed by atoms with van der Waals surface area (Å²) in [6.07, 6.45) is 2.39. The number of ether oxygens (including phenoxy) is 1. The van der Waals surface area contributed by atoms with E-state index in [0.29, 0.717) is 12.5 Å². The van der Waals surface area contributed by atoms with Gasteiger partial charge in [0.1, 0.15) is 12.2 Å². The second-order valence-corrected chi connectivity index (χ2v) is 5.36. The Hall–Kier alpha value is -0.980. The van der Waals surface area contributed by atoms with Crippen LogP contribution in [0.15, 0.2) is 6.33 Å². The monoisotopic (exact) mass is 267 g/mol. The lowest BCUT2D eigenvalue weighted by Crippen LogP contribution is -2.53. The molecule has 1 fully saturated rings. The summed E-state index contributed by atoms with van der Waals surface area (Å²) in [4.78, 5) is 6.69. The Morgan fingerprint density at radius 1 is 1.53 bits per heavy atom. The number of morpholine rings is 1. The molecule has 2 N–H and O–H groups in total. The van der Waals surface area contributed by atoms with Gasteiger partial charge in [0.25, 0.3) is 0 Å². The smallest absolute Gasteiger partial charge is 0.138 e. The number of nitrogens with zero attached hydrogens (tertiary/aromatic N) is 4. The molecule has 1 aromatic heterocycles. The van der Waals surface area contributed by atoms with Crippen molar-refractivity contribution in [2.75, 3.05) is 19.7 Å². The molecular weight excluding hydrogens is 242 g/mol. The molecule has 19 heavy (non-hydrogen) atoms. The summed E-state index contributed by atoms with van der Waals surface area (Å²) < 4.78 is 7.71. The van der Waals surface area contributed by atoms with E-state index in [-0.39, 0.29) is 12.1 Å². The molecule has 1 aliphatic heterocycles. The van der Waals surface area contributed by atoms with E-state index in [0.717, 1.165) is 32.1 Å². The fourth-order valence-corrected chi connectivity index (χ4v) is 2.48. The zero-order valence-electron chi connectivity index (χ0n) is 12.1. The summed E-state index contributed by atoms with van der Waals surface area (Å²) in [6, 6.07) is 0.508. The van der Waals surface area contributed by atoms with Crippen molar-refractivity contribution >= 4 is 0 Å². The molecule has 0 amide bonds. The fourth-order valence-electron chi connectivity index (χ4n) is 2.48. The van der Waals surface area contributed by atoms with Crippen LogP contribution < -0.4 is 5.73 Å². The zero-order chi connectivity index (χ0) is 13.8. The molecule has 1 aromatic rings. The molecule has 0 aromatic carbocycles. The summed E-state index contributed by atoms with van der Waals surface area (Å²) in [5, 5.41) is 4.17. The van der Waals surface area contributed by atoms with Crippen LogP contribution in [0.5, 0.6) is 0 Å². The van der Waals surface area contributed by atoms with Gasteiger partial charge >= 0.3 is 0 Å². The van der Waals surface area contributed by atoms with Crippen molar-refractivity contribution in [3.63, 3.8) is 0 Å². The van der Waals surface area contributed by atoms with E-state index in [1.54, 1.807) is 6.33 Å². The van der Waals surface area contributed by atoms with Crippen molar-refractivity contribution in [1.29, 1.82) is 0 Å². The van der Waals surface area contributed by atoms with E-state index < -0.39 is 0 Å². The predicted molar refractivity (Wildman–Crippen MR) is 73.8 cm³/mol. The summed E-state index contributed by atoms with van der Waals surface area (Å²) in [5.41, 5.74) is 6.29. The number of aryl methyl sites for hydroxylation is 1. The third kappa shape index (κ3) is 3.52. The van der Waals surface area contributed by atoms with Crippen molar-refractivity contribution in [3.8, 4) is 0 Å². The number of hydrogen-bond donors (Lipinski definition) is 1. The topological polar surface area (TPSA) is 69.2 Å². The van der Waals surface area contributed by atoms with Crippen LogP contribution in [-0.2, 0) is 17.7 Å². The standard InChI is InChI=1S/C13H25N5O/c1-4-18-13(15-9-16-18)7-11(14)12-8-17(10(2)3)5-6-19-12/h9-12H,4-8,14H2,1-3H3. The van der Waals surface area contributed by atoms with Gasteiger partial charge in [-0.3, -0.25) is 9.58 Å². The first kappa shape index (κ1) is 14.4. The lowest BCUT2D eigenvalue weighted by Gasteiger charge is -2.37. The Bertz CT molecular complexity index is 392. The quantitative estimate of drug-likeness (QED) is 0.829. The molecule has 0 radical (unpaired) electrons. The van der Waals surface area contributed by atoms with E-state index in [1.807, 2.05) is 4.68 Å². The molecule has 6 heteroatoms. The van der Waals surface area contributed by atoms with Gasteiger partial charge in [-0.15, -0.1) is 0 Å². The summed E-state index contributed by atoms with van der Waals surface area (Å²) >= 11 is 0. The van der Waals surface area contributed by atoms with E-state index >= 15 is 0 Å². The molecular formula is C13H25N5O. The normalized spacial score (nSPS) is 22.9. The molecule has 2 unspecified atom stereocenters. The van der Waals surface area contributed by atoms with Gasteiger partial charge in [-0.05, 0) is 20.8 Å². The van der Waals surface area contributed by atoms with Gasteiger partial charge < -0.3 is 10.5 Å². The maximum Gasteiger partial charge on any atom is 0.138 e. The number of rotatable bonds is 5. The number of aromatic nitrogens is 3. The van der Waals surface area contributed by atoms with Crippen LogP contribution in [0.4, 0.5) is 0 Å². The minimum absolute atomic E-state index is 0.0314. The highest BCUT2D eigenvalue weighted by Gasteiger charge is 2.28. The van der Waals surface area contributed by atoms with Crippen LogP contribution in [0.25, 0.3) is 0 Å². The van der Waals surface area contributed by atoms with Gasteiger partial charge in [-0.2, -0.15) is 5.10 Å². The van der Waals surface area contributed by atoms with Crippen LogP contribution in [0.1, 0.15) is 26.6 Å². The molecule has 0 bridgehead atoms. The summed E-state index contributed by atoms with van der Waals surface area (Å²) in [5.74, 6) is 0.945. The van der Waals surface area contributed by atoms with Gasteiger partial charge in [0.05, 0.1) is 12.7 Å². The first-order valence-electron chi connectivity index (χ1n) is 7.09. The van der Waals surface area contributed by atoms with Crippen molar-refractivity contribution < 1.29 is 4.74 Å². The highest BCUT2D eigenvalue weighted by molar-refractivity contribution is 4.93. The van der Waals surface area contributed by atoms with Crippen LogP contribution in [0.2, 0.25) is 0 Å². The Morgan fingerprint density at radius 3 is 3.00 bits per heavy atom. The maximum absolute atomic E-state index is 6.29. The first-order valence-corrected chi connectivity index (χ1v) is 7.09. The molecule has 0 spiro atoms. The van der Waals surface area contributed by atoms with Gasteiger partial charge in [-0.25, -0.2) is 4.98 Å². The van der Waals surface area contributed by atoms with E-state index in [4.69, 9.17) is 10.5 Å². The van der Waals surface area contributed by atoms with Gasteiger partial charge in [-0.1, -0.05) is 0 Å². The molecule has 2 rings (SSSR count). The van der Waals surface area contributed by atoms with E-state index in [9.17, 15) is 0 Å². The average Bonchev–Trinajstić information content (AvgIpc) is 2.86.